The number of rotatable bonds is 3. The molecule has 1 heterocycles. The molecule has 4 nitrogen and oxygen atoms in total. The minimum absolute atomic E-state index is 0.159. The average molecular weight is 208 g/mol. The highest BCUT2D eigenvalue weighted by Gasteiger charge is 2.22. The fourth-order valence-corrected chi connectivity index (χ4v) is 1.87. The van der Waals surface area contributed by atoms with E-state index in [0.29, 0.717) is 0 Å². The number of methoxy groups -OCH3 is 1. The molecule has 1 atom stereocenters. The highest BCUT2D eigenvalue weighted by Crippen LogP contribution is 2.23. The van der Waals surface area contributed by atoms with Gasteiger partial charge in [-0.05, 0) is 30.7 Å². The molecule has 1 aliphatic rings. The second-order valence-electron chi connectivity index (χ2n) is 3.69. The van der Waals surface area contributed by atoms with Gasteiger partial charge in [0.05, 0.1) is 13.2 Å². The molecule has 82 valence electrons. The van der Waals surface area contributed by atoms with Gasteiger partial charge < -0.3 is 9.64 Å². The molecule has 15 heavy (non-hydrogen) atoms. The van der Waals surface area contributed by atoms with Crippen molar-refractivity contribution in [2.75, 3.05) is 25.1 Å². The summed E-state index contributed by atoms with van der Waals surface area (Å²) < 4.78 is 5.11. The first-order valence-corrected chi connectivity index (χ1v) is 5.08. The standard InChI is InChI=1S/C11H16N2O2/c1-14-10-4-2-9(3-5-10)13-7-6-11(8-13)15-12/h2-5,11H,6-8,12H2,1H3. The van der Waals surface area contributed by atoms with Crippen LogP contribution in [0, 0.1) is 0 Å². The van der Waals surface area contributed by atoms with E-state index in [4.69, 9.17) is 15.5 Å². The first-order valence-electron chi connectivity index (χ1n) is 5.08. The molecule has 1 saturated heterocycles. The Bertz CT molecular complexity index is 313. The minimum atomic E-state index is 0.159. The Balaban J connectivity index is 2.04. The molecule has 0 bridgehead atoms. The van der Waals surface area contributed by atoms with Crippen LogP contribution in [0.15, 0.2) is 24.3 Å². The maximum absolute atomic E-state index is 5.17. The Morgan fingerprint density at radius 3 is 2.60 bits per heavy atom. The molecule has 1 aromatic carbocycles. The minimum Gasteiger partial charge on any atom is -0.497 e. The van der Waals surface area contributed by atoms with Crippen LogP contribution in [-0.4, -0.2) is 26.3 Å². The Labute approximate surface area is 89.5 Å². The Kier molecular flexibility index (Phi) is 3.08. The molecule has 0 aliphatic carbocycles. The first-order chi connectivity index (χ1) is 7.33. The van der Waals surface area contributed by atoms with Crippen molar-refractivity contribution in [1.82, 2.24) is 0 Å². The van der Waals surface area contributed by atoms with Crippen LogP contribution in [-0.2, 0) is 4.84 Å². The second-order valence-corrected chi connectivity index (χ2v) is 3.69. The van der Waals surface area contributed by atoms with Crippen molar-refractivity contribution in [2.45, 2.75) is 12.5 Å². The number of hydrogen-bond donors (Lipinski definition) is 1. The van der Waals surface area contributed by atoms with E-state index in [-0.39, 0.29) is 6.10 Å². The van der Waals surface area contributed by atoms with Gasteiger partial charge >= 0.3 is 0 Å². The lowest BCUT2D eigenvalue weighted by atomic mass is 10.3. The zero-order valence-corrected chi connectivity index (χ0v) is 8.85. The number of ether oxygens (including phenoxy) is 1. The SMILES string of the molecule is COc1ccc(N2CCC(ON)C2)cc1. The molecule has 0 radical (unpaired) electrons. The quantitative estimate of drug-likeness (QED) is 0.757. The van der Waals surface area contributed by atoms with Gasteiger partial charge in [-0.3, -0.25) is 4.84 Å². The summed E-state index contributed by atoms with van der Waals surface area (Å²) >= 11 is 0. The van der Waals surface area contributed by atoms with Gasteiger partial charge in [0.25, 0.3) is 0 Å². The third kappa shape index (κ3) is 2.22. The number of hydrogen-bond acceptors (Lipinski definition) is 4. The Hall–Kier alpha value is -1.26. The lowest BCUT2D eigenvalue weighted by molar-refractivity contribution is 0.0690. The van der Waals surface area contributed by atoms with Gasteiger partial charge in [-0.25, -0.2) is 5.90 Å². The normalized spacial score (nSPS) is 20.7. The van der Waals surface area contributed by atoms with Gasteiger partial charge in [0.2, 0.25) is 0 Å². The molecule has 0 spiro atoms. The van der Waals surface area contributed by atoms with Gasteiger partial charge in [-0.2, -0.15) is 0 Å². The van der Waals surface area contributed by atoms with Crippen LogP contribution in [0.4, 0.5) is 5.69 Å². The molecular formula is C11H16N2O2. The molecule has 1 fully saturated rings. The van der Waals surface area contributed by atoms with Gasteiger partial charge in [0.15, 0.2) is 0 Å². The van der Waals surface area contributed by atoms with Crippen LogP contribution in [0.1, 0.15) is 6.42 Å². The summed E-state index contributed by atoms with van der Waals surface area (Å²) in [5.74, 6) is 6.05. The van der Waals surface area contributed by atoms with Gasteiger partial charge in [0, 0.05) is 18.8 Å². The summed E-state index contributed by atoms with van der Waals surface area (Å²) in [5.41, 5.74) is 1.19. The predicted octanol–water partition coefficient (Wildman–Crippen LogP) is 1.16. The number of benzene rings is 1. The largest absolute Gasteiger partial charge is 0.497 e. The van der Waals surface area contributed by atoms with E-state index in [2.05, 4.69) is 17.0 Å². The summed E-state index contributed by atoms with van der Waals surface area (Å²) in [6.45, 7) is 1.86. The maximum atomic E-state index is 5.17. The van der Waals surface area contributed by atoms with Gasteiger partial charge in [-0.15, -0.1) is 0 Å². The summed E-state index contributed by atoms with van der Waals surface area (Å²) in [6, 6.07) is 8.04. The maximum Gasteiger partial charge on any atom is 0.119 e. The van der Waals surface area contributed by atoms with Gasteiger partial charge in [-0.1, -0.05) is 0 Å². The van der Waals surface area contributed by atoms with Crippen LogP contribution >= 0.6 is 0 Å². The fourth-order valence-electron chi connectivity index (χ4n) is 1.87. The second kappa shape index (κ2) is 4.51. The first kappa shape index (κ1) is 10.3. The van der Waals surface area contributed by atoms with Crippen LogP contribution in [0.3, 0.4) is 0 Å². The van der Waals surface area contributed by atoms with E-state index < -0.39 is 0 Å². The summed E-state index contributed by atoms with van der Waals surface area (Å²) in [5, 5.41) is 0. The van der Waals surface area contributed by atoms with Crippen molar-refractivity contribution in [3.05, 3.63) is 24.3 Å². The Morgan fingerprint density at radius 1 is 1.33 bits per heavy atom. The lowest BCUT2D eigenvalue weighted by Crippen LogP contribution is -2.24. The number of anilines is 1. The molecule has 1 aliphatic heterocycles. The molecule has 2 rings (SSSR count). The lowest BCUT2D eigenvalue weighted by Gasteiger charge is -2.18. The van der Waals surface area contributed by atoms with Crippen molar-refractivity contribution >= 4 is 5.69 Å². The van der Waals surface area contributed by atoms with Crippen molar-refractivity contribution in [3.63, 3.8) is 0 Å². The fraction of sp³-hybridized carbons (Fsp3) is 0.455. The highest BCUT2D eigenvalue weighted by molar-refractivity contribution is 5.50. The van der Waals surface area contributed by atoms with Crippen molar-refractivity contribution in [2.24, 2.45) is 5.90 Å². The van der Waals surface area contributed by atoms with Crippen molar-refractivity contribution in [3.8, 4) is 5.75 Å². The van der Waals surface area contributed by atoms with E-state index in [1.165, 1.54) is 5.69 Å². The van der Waals surface area contributed by atoms with Crippen molar-refractivity contribution in [1.29, 1.82) is 0 Å². The third-order valence-electron chi connectivity index (χ3n) is 2.78. The van der Waals surface area contributed by atoms with Crippen LogP contribution in [0.2, 0.25) is 0 Å². The molecule has 2 N–H and O–H groups in total. The zero-order chi connectivity index (χ0) is 10.7. The predicted molar refractivity (Wildman–Crippen MR) is 58.9 cm³/mol. The molecule has 1 unspecified atom stereocenters. The smallest absolute Gasteiger partial charge is 0.119 e. The molecule has 0 saturated carbocycles. The monoisotopic (exact) mass is 208 g/mol. The molecule has 4 heteroatoms. The zero-order valence-electron chi connectivity index (χ0n) is 8.85. The molecular weight excluding hydrogens is 192 g/mol. The summed E-state index contributed by atoms with van der Waals surface area (Å²) in [6.07, 6.45) is 1.15. The number of nitrogens with zero attached hydrogens (tertiary/aromatic N) is 1. The molecule has 0 aromatic heterocycles. The topological polar surface area (TPSA) is 47.7 Å². The van der Waals surface area contributed by atoms with Crippen molar-refractivity contribution < 1.29 is 9.57 Å². The van der Waals surface area contributed by atoms with E-state index in [9.17, 15) is 0 Å². The van der Waals surface area contributed by atoms with E-state index in [0.717, 1.165) is 25.3 Å². The number of nitrogens with two attached hydrogens (primary N) is 1. The summed E-state index contributed by atoms with van der Waals surface area (Å²) in [7, 11) is 1.67. The van der Waals surface area contributed by atoms with Crippen LogP contribution < -0.4 is 15.5 Å². The Morgan fingerprint density at radius 2 is 2.07 bits per heavy atom. The third-order valence-corrected chi connectivity index (χ3v) is 2.78. The van der Waals surface area contributed by atoms with E-state index >= 15 is 0 Å². The van der Waals surface area contributed by atoms with Gasteiger partial charge in [0.1, 0.15) is 5.75 Å². The summed E-state index contributed by atoms with van der Waals surface area (Å²) in [4.78, 5) is 7.10. The van der Waals surface area contributed by atoms with Crippen LogP contribution in [0.25, 0.3) is 0 Å². The average Bonchev–Trinajstić information content (AvgIpc) is 2.78. The molecule has 1 aromatic rings. The van der Waals surface area contributed by atoms with Crippen LogP contribution in [0.5, 0.6) is 5.75 Å². The van der Waals surface area contributed by atoms with E-state index in [1.807, 2.05) is 12.1 Å². The van der Waals surface area contributed by atoms with E-state index in [1.54, 1.807) is 7.11 Å². The highest BCUT2D eigenvalue weighted by atomic mass is 16.6. The molecule has 0 amide bonds.